The van der Waals surface area contributed by atoms with E-state index in [4.69, 9.17) is 0 Å². The van der Waals surface area contributed by atoms with Gasteiger partial charge in [-0.05, 0) is 36.6 Å². The average molecular weight is 414 g/mol. The number of carbonyl (C=O) groups excluding carboxylic acids is 1. The number of hydrogen-bond acceptors (Lipinski definition) is 5. The van der Waals surface area contributed by atoms with Crippen molar-refractivity contribution in [3.05, 3.63) is 69.9 Å². The standard InChI is InChI=1S/C19H18N4O5S/c24-19(17-11-20-18-8-5-14(23(25)26)9-16(17)18)21-10-12-1-6-15(7-2-12)29(27,28)22-13-3-4-13/h1-2,5-9,11,13,20,22H,3-4,10H2,(H,21,24). The minimum Gasteiger partial charge on any atom is -0.360 e. The Morgan fingerprint density at radius 1 is 1.17 bits per heavy atom. The van der Waals surface area contributed by atoms with Crippen LogP contribution in [-0.2, 0) is 16.6 Å². The van der Waals surface area contributed by atoms with Gasteiger partial charge in [-0.15, -0.1) is 0 Å². The molecule has 0 spiro atoms. The molecule has 4 rings (SSSR count). The molecule has 2 aromatic carbocycles. The van der Waals surface area contributed by atoms with Crippen molar-refractivity contribution in [1.29, 1.82) is 0 Å². The van der Waals surface area contributed by atoms with E-state index >= 15 is 0 Å². The summed E-state index contributed by atoms with van der Waals surface area (Å²) >= 11 is 0. The van der Waals surface area contributed by atoms with Crippen LogP contribution in [0.3, 0.4) is 0 Å². The van der Waals surface area contributed by atoms with E-state index in [9.17, 15) is 23.3 Å². The third-order valence-electron chi connectivity index (χ3n) is 4.71. The number of aromatic nitrogens is 1. The first-order valence-corrected chi connectivity index (χ1v) is 10.5. The number of nitro benzene ring substituents is 1. The summed E-state index contributed by atoms with van der Waals surface area (Å²) in [5, 5.41) is 14.2. The van der Waals surface area contributed by atoms with Gasteiger partial charge >= 0.3 is 0 Å². The van der Waals surface area contributed by atoms with E-state index in [-0.39, 0.29) is 29.1 Å². The highest BCUT2D eigenvalue weighted by Crippen LogP contribution is 2.24. The van der Waals surface area contributed by atoms with E-state index in [1.807, 2.05) is 0 Å². The smallest absolute Gasteiger partial charge is 0.270 e. The van der Waals surface area contributed by atoms with E-state index in [0.29, 0.717) is 16.5 Å². The second-order valence-corrected chi connectivity index (χ2v) is 8.63. The lowest BCUT2D eigenvalue weighted by molar-refractivity contribution is -0.384. The molecular weight excluding hydrogens is 396 g/mol. The zero-order valence-electron chi connectivity index (χ0n) is 15.2. The number of rotatable bonds is 7. The maximum absolute atomic E-state index is 12.5. The Hall–Kier alpha value is -3.24. The Kier molecular flexibility index (Phi) is 4.81. The van der Waals surface area contributed by atoms with Gasteiger partial charge in [0.2, 0.25) is 10.0 Å². The van der Waals surface area contributed by atoms with Gasteiger partial charge < -0.3 is 10.3 Å². The van der Waals surface area contributed by atoms with Crippen LogP contribution in [0, 0.1) is 10.1 Å². The number of benzene rings is 2. The van der Waals surface area contributed by atoms with Crippen molar-refractivity contribution >= 4 is 32.5 Å². The number of hydrogen-bond donors (Lipinski definition) is 3. The summed E-state index contributed by atoms with van der Waals surface area (Å²) in [4.78, 5) is 26.1. The largest absolute Gasteiger partial charge is 0.360 e. The highest BCUT2D eigenvalue weighted by atomic mass is 32.2. The lowest BCUT2D eigenvalue weighted by Crippen LogP contribution is -2.26. The Balaban J connectivity index is 1.45. The summed E-state index contributed by atoms with van der Waals surface area (Å²) < 4.78 is 27.0. The molecule has 1 aromatic heterocycles. The van der Waals surface area contributed by atoms with Crippen molar-refractivity contribution in [2.24, 2.45) is 0 Å². The van der Waals surface area contributed by atoms with Gasteiger partial charge in [0, 0.05) is 41.8 Å². The molecule has 1 amide bonds. The highest BCUT2D eigenvalue weighted by molar-refractivity contribution is 7.89. The SMILES string of the molecule is O=C(NCc1ccc(S(=O)(=O)NC2CC2)cc1)c1c[nH]c2ccc([N+](=O)[O-])cc12. The lowest BCUT2D eigenvalue weighted by atomic mass is 10.1. The number of nitrogens with zero attached hydrogens (tertiary/aromatic N) is 1. The molecule has 0 unspecified atom stereocenters. The van der Waals surface area contributed by atoms with Gasteiger partial charge in [-0.3, -0.25) is 14.9 Å². The number of non-ortho nitro benzene ring substituents is 1. The molecule has 0 saturated heterocycles. The zero-order valence-corrected chi connectivity index (χ0v) is 16.0. The highest BCUT2D eigenvalue weighted by Gasteiger charge is 2.27. The summed E-state index contributed by atoms with van der Waals surface area (Å²) in [7, 11) is -3.51. The third-order valence-corrected chi connectivity index (χ3v) is 6.24. The van der Waals surface area contributed by atoms with Gasteiger partial charge in [-0.2, -0.15) is 0 Å². The summed E-state index contributed by atoms with van der Waals surface area (Å²) in [5.41, 5.74) is 1.56. The summed E-state index contributed by atoms with van der Waals surface area (Å²) in [6.07, 6.45) is 3.23. The van der Waals surface area contributed by atoms with Crippen molar-refractivity contribution in [3.8, 4) is 0 Å². The van der Waals surface area contributed by atoms with Crippen LogP contribution in [-0.4, -0.2) is 30.3 Å². The predicted molar refractivity (Wildman–Crippen MR) is 106 cm³/mol. The molecule has 0 aliphatic heterocycles. The van der Waals surface area contributed by atoms with E-state index in [1.165, 1.54) is 30.5 Å². The van der Waals surface area contributed by atoms with Gasteiger partial charge in [0.25, 0.3) is 11.6 Å². The molecule has 3 N–H and O–H groups in total. The average Bonchev–Trinajstić information content (AvgIpc) is 3.40. The quantitative estimate of drug-likeness (QED) is 0.403. The van der Waals surface area contributed by atoms with Crippen molar-refractivity contribution in [1.82, 2.24) is 15.0 Å². The number of H-pyrrole nitrogens is 1. The Morgan fingerprint density at radius 2 is 1.90 bits per heavy atom. The molecule has 1 fully saturated rings. The predicted octanol–water partition coefficient (Wildman–Crippen LogP) is 2.45. The molecule has 3 aromatic rings. The molecule has 0 atom stereocenters. The van der Waals surface area contributed by atoms with Crippen molar-refractivity contribution in [2.75, 3.05) is 0 Å². The number of carbonyl (C=O) groups is 1. The zero-order chi connectivity index (χ0) is 20.6. The second kappa shape index (κ2) is 7.30. The molecule has 0 bridgehead atoms. The molecule has 0 radical (unpaired) electrons. The molecule has 1 saturated carbocycles. The molecule has 10 heteroatoms. The first-order valence-electron chi connectivity index (χ1n) is 8.98. The fourth-order valence-corrected chi connectivity index (χ4v) is 4.27. The molecule has 1 aliphatic carbocycles. The number of aromatic amines is 1. The summed E-state index contributed by atoms with van der Waals surface area (Å²) in [6.45, 7) is 0.191. The van der Waals surface area contributed by atoms with Crippen LogP contribution in [0.1, 0.15) is 28.8 Å². The minimum atomic E-state index is -3.51. The first-order chi connectivity index (χ1) is 13.8. The van der Waals surface area contributed by atoms with Crippen LogP contribution in [0.2, 0.25) is 0 Å². The van der Waals surface area contributed by atoms with Gasteiger partial charge in [0.05, 0.1) is 15.4 Å². The van der Waals surface area contributed by atoms with Gasteiger partial charge in [0.15, 0.2) is 0 Å². The molecule has 29 heavy (non-hydrogen) atoms. The fourth-order valence-electron chi connectivity index (χ4n) is 2.96. The normalized spacial score (nSPS) is 14.1. The Labute approximate surface area is 166 Å². The minimum absolute atomic E-state index is 0.0333. The number of nitro groups is 1. The second-order valence-electron chi connectivity index (χ2n) is 6.91. The van der Waals surface area contributed by atoms with Crippen LogP contribution in [0.15, 0.2) is 53.6 Å². The van der Waals surface area contributed by atoms with E-state index < -0.39 is 14.9 Å². The molecule has 1 heterocycles. The summed E-state index contributed by atoms with van der Waals surface area (Å²) in [5.74, 6) is -0.385. The monoisotopic (exact) mass is 414 g/mol. The third kappa shape index (κ3) is 4.13. The van der Waals surface area contributed by atoms with Crippen molar-refractivity contribution in [2.45, 2.75) is 30.3 Å². The molecule has 9 nitrogen and oxygen atoms in total. The van der Waals surface area contributed by atoms with Crippen molar-refractivity contribution in [3.63, 3.8) is 0 Å². The van der Waals surface area contributed by atoms with E-state index in [0.717, 1.165) is 18.4 Å². The Morgan fingerprint density at radius 3 is 2.55 bits per heavy atom. The van der Waals surface area contributed by atoms with Crippen LogP contribution < -0.4 is 10.0 Å². The lowest BCUT2D eigenvalue weighted by Gasteiger charge is -2.08. The number of amides is 1. The molecular formula is C19H18N4O5S. The van der Waals surface area contributed by atoms with Crippen LogP contribution >= 0.6 is 0 Å². The molecule has 150 valence electrons. The van der Waals surface area contributed by atoms with Crippen molar-refractivity contribution < 1.29 is 18.1 Å². The van der Waals surface area contributed by atoms with E-state index in [2.05, 4.69) is 15.0 Å². The van der Waals surface area contributed by atoms with Gasteiger partial charge in [-0.1, -0.05) is 12.1 Å². The maximum atomic E-state index is 12.5. The van der Waals surface area contributed by atoms with Crippen LogP contribution in [0.4, 0.5) is 5.69 Å². The Bertz CT molecular complexity index is 1200. The summed E-state index contributed by atoms with van der Waals surface area (Å²) in [6, 6.07) is 10.6. The fraction of sp³-hybridized carbons (Fsp3) is 0.211. The topological polar surface area (TPSA) is 134 Å². The number of fused-ring (bicyclic) bond motifs is 1. The molecule has 1 aliphatic rings. The van der Waals surface area contributed by atoms with Gasteiger partial charge in [-0.25, -0.2) is 13.1 Å². The number of sulfonamides is 1. The first kappa shape index (κ1) is 19.1. The number of nitrogens with one attached hydrogen (secondary N) is 3. The van der Waals surface area contributed by atoms with Gasteiger partial charge in [0.1, 0.15) is 0 Å². The maximum Gasteiger partial charge on any atom is 0.270 e. The van der Waals surface area contributed by atoms with Crippen LogP contribution in [0.25, 0.3) is 10.9 Å². The van der Waals surface area contributed by atoms with E-state index in [1.54, 1.807) is 18.2 Å². The van der Waals surface area contributed by atoms with Crippen LogP contribution in [0.5, 0.6) is 0 Å².